The molecule has 0 bridgehead atoms. The van der Waals surface area contributed by atoms with Crippen LogP contribution >= 0.6 is 0 Å². The van der Waals surface area contributed by atoms with Crippen LogP contribution < -0.4 is 10.6 Å². The predicted octanol–water partition coefficient (Wildman–Crippen LogP) is 5.10. The Balaban J connectivity index is 1.52. The molecule has 1 saturated carbocycles. The number of benzene rings is 1. The van der Waals surface area contributed by atoms with Gasteiger partial charge in [-0.15, -0.1) is 0 Å². The van der Waals surface area contributed by atoms with E-state index in [4.69, 9.17) is 4.52 Å². The number of rotatable bonds is 6. The van der Waals surface area contributed by atoms with Gasteiger partial charge in [0.2, 0.25) is 0 Å². The lowest BCUT2D eigenvalue weighted by molar-refractivity contribution is -0.143. The summed E-state index contributed by atoms with van der Waals surface area (Å²) in [5.41, 5.74) is -2.88. The SMILES string of the molecule is Cc1cc(CNC2CCC(CNC(=O)c3cc(C(F)(F)F)cc(C(F)(F)F)c3)CC2)no1. The van der Waals surface area contributed by atoms with Crippen molar-refractivity contribution in [3.63, 3.8) is 0 Å². The highest BCUT2D eigenvalue weighted by Crippen LogP contribution is 2.36. The molecule has 1 aliphatic rings. The highest BCUT2D eigenvalue weighted by Gasteiger charge is 2.37. The van der Waals surface area contributed by atoms with Gasteiger partial charge in [0, 0.05) is 30.8 Å². The van der Waals surface area contributed by atoms with Crippen LogP contribution in [0.15, 0.2) is 28.8 Å². The fraction of sp³-hybridized carbons (Fsp3) is 0.524. The average molecular weight is 463 g/mol. The van der Waals surface area contributed by atoms with E-state index in [1.165, 1.54) is 0 Å². The molecule has 176 valence electrons. The number of carbonyl (C=O) groups is 1. The fourth-order valence-electron chi connectivity index (χ4n) is 3.75. The van der Waals surface area contributed by atoms with Crippen molar-refractivity contribution < 1.29 is 35.7 Å². The third-order valence-electron chi connectivity index (χ3n) is 5.50. The van der Waals surface area contributed by atoms with E-state index < -0.39 is 35.0 Å². The van der Waals surface area contributed by atoms with E-state index in [1.54, 1.807) is 6.92 Å². The van der Waals surface area contributed by atoms with E-state index in [0.717, 1.165) is 37.1 Å². The molecule has 3 rings (SSSR count). The molecule has 1 aliphatic carbocycles. The first-order valence-electron chi connectivity index (χ1n) is 10.1. The number of aromatic nitrogens is 1. The van der Waals surface area contributed by atoms with Gasteiger partial charge < -0.3 is 15.2 Å². The van der Waals surface area contributed by atoms with Gasteiger partial charge in [-0.25, -0.2) is 0 Å². The van der Waals surface area contributed by atoms with E-state index in [0.29, 0.717) is 18.7 Å². The number of carbonyl (C=O) groups excluding carboxylic acids is 1. The minimum atomic E-state index is -4.99. The van der Waals surface area contributed by atoms with Crippen molar-refractivity contribution in [2.45, 2.75) is 57.5 Å². The van der Waals surface area contributed by atoms with Gasteiger partial charge in [0.15, 0.2) is 0 Å². The lowest BCUT2D eigenvalue weighted by Gasteiger charge is -2.29. The van der Waals surface area contributed by atoms with Crippen molar-refractivity contribution in [3.8, 4) is 0 Å². The highest BCUT2D eigenvalue weighted by atomic mass is 19.4. The van der Waals surface area contributed by atoms with Gasteiger partial charge in [-0.1, -0.05) is 5.16 Å². The number of nitrogens with zero attached hydrogens (tertiary/aromatic N) is 1. The fourth-order valence-corrected chi connectivity index (χ4v) is 3.75. The Morgan fingerprint density at radius 2 is 1.59 bits per heavy atom. The van der Waals surface area contributed by atoms with Crippen LogP contribution in [-0.2, 0) is 18.9 Å². The molecule has 0 unspecified atom stereocenters. The lowest BCUT2D eigenvalue weighted by Crippen LogP contribution is -2.36. The van der Waals surface area contributed by atoms with Gasteiger partial charge in [0.25, 0.3) is 5.91 Å². The van der Waals surface area contributed by atoms with Crippen LogP contribution in [0, 0.1) is 12.8 Å². The molecule has 2 aromatic rings. The van der Waals surface area contributed by atoms with E-state index in [2.05, 4.69) is 15.8 Å². The summed E-state index contributed by atoms with van der Waals surface area (Å²) in [6, 6.07) is 2.99. The molecule has 0 radical (unpaired) electrons. The van der Waals surface area contributed by atoms with Crippen molar-refractivity contribution >= 4 is 5.91 Å². The number of nitrogens with one attached hydrogen (secondary N) is 2. The average Bonchev–Trinajstić information content (AvgIpc) is 3.14. The molecule has 0 spiro atoms. The van der Waals surface area contributed by atoms with Crippen LogP contribution in [0.3, 0.4) is 0 Å². The molecule has 2 N–H and O–H groups in total. The first-order chi connectivity index (χ1) is 14.9. The quantitative estimate of drug-likeness (QED) is 0.585. The smallest absolute Gasteiger partial charge is 0.361 e. The van der Waals surface area contributed by atoms with Crippen molar-refractivity contribution in [2.24, 2.45) is 5.92 Å². The van der Waals surface area contributed by atoms with Gasteiger partial charge in [0.05, 0.1) is 16.8 Å². The number of amides is 1. The molecule has 32 heavy (non-hydrogen) atoms. The van der Waals surface area contributed by atoms with E-state index in [1.807, 2.05) is 6.07 Å². The zero-order chi connectivity index (χ0) is 23.5. The molecule has 5 nitrogen and oxygen atoms in total. The van der Waals surface area contributed by atoms with Crippen LogP contribution in [0.2, 0.25) is 0 Å². The summed E-state index contributed by atoms with van der Waals surface area (Å²) >= 11 is 0. The largest absolute Gasteiger partial charge is 0.416 e. The molecule has 1 fully saturated rings. The summed E-state index contributed by atoms with van der Waals surface area (Å²) in [4.78, 5) is 12.3. The van der Waals surface area contributed by atoms with Gasteiger partial charge in [-0.2, -0.15) is 26.3 Å². The Bertz CT molecular complexity index is 898. The third kappa shape index (κ3) is 6.47. The highest BCUT2D eigenvalue weighted by molar-refractivity contribution is 5.94. The Morgan fingerprint density at radius 3 is 2.09 bits per heavy atom. The number of halogens is 6. The third-order valence-corrected chi connectivity index (χ3v) is 5.50. The molecule has 11 heteroatoms. The second-order valence-corrected chi connectivity index (χ2v) is 8.03. The van der Waals surface area contributed by atoms with Crippen LogP contribution in [0.5, 0.6) is 0 Å². The normalized spacial score (nSPS) is 19.7. The number of aryl methyl sites for hydroxylation is 1. The van der Waals surface area contributed by atoms with Gasteiger partial charge in [-0.05, 0) is 56.7 Å². The zero-order valence-electron chi connectivity index (χ0n) is 17.2. The van der Waals surface area contributed by atoms with Gasteiger partial charge in [-0.3, -0.25) is 4.79 Å². The molecule has 0 saturated heterocycles. The van der Waals surface area contributed by atoms with Crippen LogP contribution in [0.4, 0.5) is 26.3 Å². The standard InChI is InChI=1S/C21H23F6N3O2/c1-12-6-18(30-32-12)11-28-17-4-2-13(3-5-17)10-29-19(31)14-7-15(20(22,23)24)9-16(8-14)21(25,26)27/h6-9,13,17,28H,2-5,10-11H2,1H3,(H,29,31). The summed E-state index contributed by atoms with van der Waals surface area (Å²) in [6.45, 7) is 2.56. The summed E-state index contributed by atoms with van der Waals surface area (Å²) < 4.78 is 82.8. The zero-order valence-corrected chi connectivity index (χ0v) is 17.2. The monoisotopic (exact) mass is 463 g/mol. The topological polar surface area (TPSA) is 67.2 Å². The summed E-state index contributed by atoms with van der Waals surface area (Å²) in [5, 5.41) is 9.77. The number of alkyl halides is 6. The molecular weight excluding hydrogens is 440 g/mol. The Kier molecular flexibility index (Phi) is 7.16. The lowest BCUT2D eigenvalue weighted by atomic mass is 9.86. The van der Waals surface area contributed by atoms with Crippen molar-refractivity contribution in [1.29, 1.82) is 0 Å². The van der Waals surface area contributed by atoms with Crippen LogP contribution in [0.1, 0.15) is 58.6 Å². The predicted molar refractivity (Wildman–Crippen MR) is 103 cm³/mol. The summed E-state index contributed by atoms with van der Waals surface area (Å²) in [5.74, 6) is -0.133. The number of hydrogen-bond donors (Lipinski definition) is 2. The summed E-state index contributed by atoms with van der Waals surface area (Å²) in [7, 11) is 0. The molecule has 1 aromatic heterocycles. The van der Waals surface area contributed by atoms with Crippen molar-refractivity contribution in [2.75, 3.05) is 6.54 Å². The van der Waals surface area contributed by atoms with Crippen molar-refractivity contribution in [3.05, 3.63) is 52.4 Å². The van der Waals surface area contributed by atoms with Crippen LogP contribution in [-0.4, -0.2) is 23.7 Å². The molecular formula is C21H23F6N3O2. The first kappa shape index (κ1) is 24.1. The first-order valence-corrected chi connectivity index (χ1v) is 10.1. The molecule has 0 aliphatic heterocycles. The molecule has 0 atom stereocenters. The van der Waals surface area contributed by atoms with Crippen LogP contribution in [0.25, 0.3) is 0 Å². The Hall–Kier alpha value is -2.56. The molecule has 1 aromatic carbocycles. The maximum absolute atomic E-state index is 13.0. The maximum Gasteiger partial charge on any atom is 0.416 e. The Labute approximate surface area is 180 Å². The van der Waals surface area contributed by atoms with Gasteiger partial charge in [0.1, 0.15) is 5.76 Å². The second kappa shape index (κ2) is 9.51. The summed E-state index contributed by atoms with van der Waals surface area (Å²) in [6.07, 6.45) is -6.78. The minimum absolute atomic E-state index is 0.00538. The number of hydrogen-bond acceptors (Lipinski definition) is 4. The second-order valence-electron chi connectivity index (χ2n) is 8.03. The molecule has 1 amide bonds. The van der Waals surface area contributed by atoms with E-state index in [9.17, 15) is 31.1 Å². The Morgan fingerprint density at radius 1 is 1.00 bits per heavy atom. The van der Waals surface area contributed by atoms with Gasteiger partial charge >= 0.3 is 12.4 Å². The van der Waals surface area contributed by atoms with Crippen molar-refractivity contribution in [1.82, 2.24) is 15.8 Å². The minimum Gasteiger partial charge on any atom is -0.361 e. The molecule has 1 heterocycles. The van der Waals surface area contributed by atoms with E-state index in [-0.39, 0.29) is 24.6 Å². The van der Waals surface area contributed by atoms with E-state index >= 15 is 0 Å². The maximum atomic E-state index is 13.0.